The van der Waals surface area contributed by atoms with Crippen molar-refractivity contribution in [3.63, 3.8) is 0 Å². The molecule has 138 valence electrons. The molecule has 9 heteroatoms. The number of amides is 1. The zero-order chi connectivity index (χ0) is 18.8. The van der Waals surface area contributed by atoms with E-state index in [0.717, 1.165) is 0 Å². The molecule has 1 N–H and O–H groups in total. The van der Waals surface area contributed by atoms with Crippen LogP contribution in [0.2, 0.25) is 5.02 Å². The van der Waals surface area contributed by atoms with Crippen molar-refractivity contribution in [2.75, 3.05) is 6.54 Å². The number of benzene rings is 1. The predicted molar refractivity (Wildman–Crippen MR) is 91.2 cm³/mol. The van der Waals surface area contributed by atoms with E-state index in [1.54, 1.807) is 38.1 Å². The van der Waals surface area contributed by atoms with Crippen LogP contribution >= 0.6 is 11.6 Å². The van der Waals surface area contributed by atoms with Gasteiger partial charge in [0.2, 0.25) is 0 Å². The first kappa shape index (κ1) is 24.7. The summed E-state index contributed by atoms with van der Waals surface area (Å²) in [5.41, 5.74) is 0. The molecule has 0 aliphatic rings. The summed E-state index contributed by atoms with van der Waals surface area (Å²) in [6, 6.07) is 6.43. The third-order valence-electron chi connectivity index (χ3n) is 2.92. The van der Waals surface area contributed by atoms with Crippen molar-refractivity contribution in [2.24, 2.45) is 5.92 Å². The van der Waals surface area contributed by atoms with Crippen molar-refractivity contribution in [3.05, 3.63) is 29.3 Å². The molecule has 1 aromatic carbocycles. The molecule has 26 heavy (non-hydrogen) atoms. The topological polar surface area (TPSA) is 90.9 Å². The largest absolute Gasteiger partial charge is 1.00 e. The van der Waals surface area contributed by atoms with Gasteiger partial charge in [0.15, 0.2) is 0 Å². The van der Waals surface area contributed by atoms with Crippen molar-refractivity contribution in [1.82, 2.24) is 5.32 Å². The smallest absolute Gasteiger partial charge is 0.427 e. The van der Waals surface area contributed by atoms with Crippen LogP contribution in [0.5, 0.6) is 5.75 Å². The van der Waals surface area contributed by atoms with Gasteiger partial charge in [-0.3, -0.25) is 9.59 Å². The first-order valence-corrected chi connectivity index (χ1v) is 8.23. The van der Waals surface area contributed by atoms with Crippen LogP contribution in [0.25, 0.3) is 0 Å². The minimum atomic E-state index is -0.952. The number of esters is 2. The van der Waals surface area contributed by atoms with Crippen molar-refractivity contribution < 1.29 is 58.2 Å². The van der Waals surface area contributed by atoms with E-state index in [1.165, 1.54) is 6.92 Å². The van der Waals surface area contributed by atoms with E-state index in [1.807, 2.05) is 0 Å². The number of rotatable bonds is 8. The zero-order valence-electron chi connectivity index (χ0n) is 15.4. The summed E-state index contributed by atoms with van der Waals surface area (Å²) in [5.74, 6) is -0.721. The maximum atomic E-state index is 11.7. The van der Waals surface area contributed by atoms with Crippen LogP contribution in [-0.2, 0) is 19.1 Å². The second kappa shape index (κ2) is 13.0. The SMILES string of the molecule is CC(=O)OC(OC(=O)NCCCC(=O)Oc1ccc(Cl)cc1)C(C)C.[Na+]. The fraction of sp³-hybridized carbons (Fsp3) is 0.471. The van der Waals surface area contributed by atoms with Crippen LogP contribution in [0, 0.1) is 5.92 Å². The average molecular weight is 395 g/mol. The molecule has 1 aromatic rings. The molecule has 1 amide bonds. The first-order chi connectivity index (χ1) is 11.8. The van der Waals surface area contributed by atoms with Crippen LogP contribution in [0.3, 0.4) is 0 Å². The number of ether oxygens (including phenoxy) is 3. The number of hydrogen-bond acceptors (Lipinski definition) is 6. The molecular weight excluding hydrogens is 373 g/mol. The Hall–Kier alpha value is -1.28. The Morgan fingerprint density at radius 2 is 1.73 bits per heavy atom. The maximum Gasteiger partial charge on any atom is 1.00 e. The van der Waals surface area contributed by atoms with Gasteiger partial charge in [-0.25, -0.2) is 4.79 Å². The number of alkyl carbamates (subject to hydrolysis) is 1. The van der Waals surface area contributed by atoms with Gasteiger partial charge in [0.25, 0.3) is 6.29 Å². The van der Waals surface area contributed by atoms with E-state index >= 15 is 0 Å². The Kier molecular flexibility index (Phi) is 12.3. The Morgan fingerprint density at radius 3 is 2.27 bits per heavy atom. The van der Waals surface area contributed by atoms with Gasteiger partial charge in [-0.15, -0.1) is 0 Å². The van der Waals surface area contributed by atoms with Gasteiger partial charge in [-0.2, -0.15) is 0 Å². The fourth-order valence-electron chi connectivity index (χ4n) is 1.72. The standard InChI is InChI=1S/C17H22ClNO6.Na/c1-11(2)16(23-12(3)20)25-17(22)19-10-4-5-15(21)24-14-8-6-13(18)7-9-14;/h6-9,11,16H,4-5,10H2,1-3H3,(H,19,22);/q;+1. The number of hydrogen-bond donors (Lipinski definition) is 1. The summed E-state index contributed by atoms with van der Waals surface area (Å²) in [6.45, 7) is 4.98. The number of carbonyl (C=O) groups excluding carboxylic acids is 3. The Bertz CT molecular complexity index is 593. The van der Waals surface area contributed by atoms with Crippen LogP contribution in [0.15, 0.2) is 24.3 Å². The van der Waals surface area contributed by atoms with Crippen molar-refractivity contribution in [1.29, 1.82) is 0 Å². The molecule has 1 rings (SSSR count). The first-order valence-electron chi connectivity index (χ1n) is 7.86. The van der Waals surface area contributed by atoms with E-state index in [2.05, 4.69) is 5.32 Å². The third kappa shape index (κ3) is 10.7. The normalized spacial score (nSPS) is 11.1. The Balaban J connectivity index is 0.00000625. The van der Waals surface area contributed by atoms with Gasteiger partial charge in [-0.1, -0.05) is 25.4 Å². The summed E-state index contributed by atoms with van der Waals surface area (Å²) in [5, 5.41) is 3.04. The monoisotopic (exact) mass is 394 g/mol. The number of nitrogens with one attached hydrogen (secondary N) is 1. The van der Waals surface area contributed by atoms with Crippen LogP contribution in [0.1, 0.15) is 33.6 Å². The molecule has 7 nitrogen and oxygen atoms in total. The van der Waals surface area contributed by atoms with Crippen molar-refractivity contribution >= 4 is 29.6 Å². The van der Waals surface area contributed by atoms with Crippen molar-refractivity contribution in [2.45, 2.75) is 39.9 Å². The predicted octanol–water partition coefficient (Wildman–Crippen LogP) is 0.301. The van der Waals surface area contributed by atoms with E-state index in [9.17, 15) is 14.4 Å². The van der Waals surface area contributed by atoms with E-state index in [0.29, 0.717) is 17.2 Å². The van der Waals surface area contributed by atoms with E-state index < -0.39 is 24.3 Å². The van der Waals surface area contributed by atoms with Gasteiger partial charge in [0.1, 0.15) is 5.75 Å². The fourth-order valence-corrected chi connectivity index (χ4v) is 1.84. The van der Waals surface area contributed by atoms with Gasteiger partial charge < -0.3 is 19.5 Å². The summed E-state index contributed by atoms with van der Waals surface area (Å²) in [6.07, 6.45) is -1.17. The second-order valence-electron chi connectivity index (χ2n) is 5.59. The Labute approximate surface area is 180 Å². The van der Waals surface area contributed by atoms with Crippen LogP contribution in [-0.4, -0.2) is 30.9 Å². The van der Waals surface area contributed by atoms with Crippen LogP contribution < -0.4 is 39.6 Å². The molecule has 0 heterocycles. The number of carbonyl (C=O) groups is 3. The molecule has 0 spiro atoms. The molecule has 1 atom stereocenters. The molecule has 0 bridgehead atoms. The molecule has 0 aliphatic heterocycles. The minimum absolute atomic E-state index is 0. The van der Waals surface area contributed by atoms with Crippen molar-refractivity contribution in [3.8, 4) is 5.75 Å². The zero-order valence-corrected chi connectivity index (χ0v) is 18.2. The van der Waals surface area contributed by atoms with Gasteiger partial charge in [0, 0.05) is 30.8 Å². The molecule has 1 unspecified atom stereocenters. The molecule has 0 aliphatic carbocycles. The molecule has 0 aromatic heterocycles. The van der Waals surface area contributed by atoms with Gasteiger partial charge in [0.05, 0.1) is 0 Å². The Morgan fingerprint density at radius 1 is 1.12 bits per heavy atom. The summed E-state index contributed by atoms with van der Waals surface area (Å²) in [4.78, 5) is 34.3. The molecule has 0 radical (unpaired) electrons. The summed E-state index contributed by atoms with van der Waals surface area (Å²) >= 11 is 5.74. The molecule has 0 fully saturated rings. The minimum Gasteiger partial charge on any atom is -0.427 e. The van der Waals surface area contributed by atoms with E-state index in [-0.39, 0.29) is 48.4 Å². The molecular formula is C17H22ClNNaO6+. The molecule has 0 saturated heterocycles. The number of halogens is 1. The third-order valence-corrected chi connectivity index (χ3v) is 3.17. The summed E-state index contributed by atoms with van der Waals surface area (Å²) < 4.78 is 15.0. The average Bonchev–Trinajstić information content (AvgIpc) is 2.52. The summed E-state index contributed by atoms with van der Waals surface area (Å²) in [7, 11) is 0. The van der Waals surface area contributed by atoms with Gasteiger partial charge >= 0.3 is 47.6 Å². The van der Waals surface area contributed by atoms with E-state index in [4.69, 9.17) is 25.8 Å². The van der Waals surface area contributed by atoms with Gasteiger partial charge in [-0.05, 0) is 30.7 Å². The van der Waals surface area contributed by atoms with Crippen LogP contribution in [0.4, 0.5) is 4.79 Å². The quantitative estimate of drug-likeness (QED) is 0.224. The maximum absolute atomic E-state index is 11.7. The second-order valence-corrected chi connectivity index (χ2v) is 6.02. The molecule has 0 saturated carbocycles.